The van der Waals surface area contributed by atoms with Crippen molar-refractivity contribution < 1.29 is 9.53 Å². The van der Waals surface area contributed by atoms with Gasteiger partial charge in [0, 0.05) is 31.9 Å². The van der Waals surface area contributed by atoms with E-state index in [0.717, 1.165) is 23.3 Å². The van der Waals surface area contributed by atoms with Crippen molar-refractivity contribution in [3.05, 3.63) is 35.8 Å². The molecule has 2 aromatic rings. The van der Waals surface area contributed by atoms with Crippen molar-refractivity contribution in [2.45, 2.75) is 32.2 Å². The fourth-order valence-corrected chi connectivity index (χ4v) is 3.47. The summed E-state index contributed by atoms with van der Waals surface area (Å²) in [6, 6.07) is 4.38. The number of hydrogen-bond acceptors (Lipinski definition) is 3. The molecule has 1 N–H and O–H groups in total. The predicted molar refractivity (Wildman–Crippen MR) is 91.1 cm³/mol. The van der Waals surface area contributed by atoms with Crippen molar-refractivity contribution in [2.24, 2.45) is 5.92 Å². The first-order valence-electron chi connectivity index (χ1n) is 8.78. The number of amides is 2. The van der Waals surface area contributed by atoms with Crippen LogP contribution in [0.2, 0.25) is 0 Å². The lowest BCUT2D eigenvalue weighted by molar-refractivity contribution is 0.00476. The van der Waals surface area contributed by atoms with E-state index < -0.39 is 0 Å². The van der Waals surface area contributed by atoms with Crippen molar-refractivity contribution >= 4 is 11.7 Å². The van der Waals surface area contributed by atoms with Gasteiger partial charge in [-0.2, -0.15) is 0 Å². The molecular weight excluding hydrogens is 304 g/mol. The Morgan fingerprint density at radius 1 is 1.46 bits per heavy atom. The van der Waals surface area contributed by atoms with Crippen molar-refractivity contribution in [1.82, 2.24) is 19.6 Å². The minimum absolute atomic E-state index is 0.0372. The fourth-order valence-electron chi connectivity index (χ4n) is 3.47. The van der Waals surface area contributed by atoms with Crippen LogP contribution in [0.25, 0.3) is 5.65 Å². The molecule has 0 radical (unpaired) electrons. The average molecular weight is 328 g/mol. The van der Waals surface area contributed by atoms with Gasteiger partial charge in [-0.15, -0.1) is 0 Å². The highest BCUT2D eigenvalue weighted by Crippen LogP contribution is 2.36. The molecule has 6 nitrogen and oxygen atoms in total. The molecule has 0 unspecified atom stereocenters. The summed E-state index contributed by atoms with van der Waals surface area (Å²) in [5.74, 6) is 0.637. The van der Waals surface area contributed by atoms with Gasteiger partial charge in [0.05, 0.1) is 24.9 Å². The standard InChI is InChI=1S/C18H24N4O2/c1-13-3-2-8-21-11-15(20-17(13)21)6-7-19-18(23)22-9-10-24-12-16(22)14-4-5-14/h2-3,8,11,14,16H,4-7,9-10,12H2,1H3,(H,19,23)/t16-/m1/s1. The number of pyridine rings is 1. The first-order chi connectivity index (χ1) is 11.7. The summed E-state index contributed by atoms with van der Waals surface area (Å²) < 4.78 is 7.59. The Hall–Kier alpha value is -2.08. The number of fused-ring (bicyclic) bond motifs is 1. The third-order valence-corrected chi connectivity index (χ3v) is 4.98. The molecule has 0 spiro atoms. The normalized spacial score (nSPS) is 21.2. The van der Waals surface area contributed by atoms with E-state index >= 15 is 0 Å². The van der Waals surface area contributed by atoms with Crippen LogP contribution in [-0.4, -0.2) is 52.7 Å². The zero-order valence-electron chi connectivity index (χ0n) is 14.1. The summed E-state index contributed by atoms with van der Waals surface area (Å²) >= 11 is 0. The zero-order valence-corrected chi connectivity index (χ0v) is 14.1. The molecule has 6 heteroatoms. The number of rotatable bonds is 4. The molecular formula is C18H24N4O2. The topological polar surface area (TPSA) is 58.9 Å². The molecule has 2 fully saturated rings. The molecule has 0 bridgehead atoms. The van der Waals surface area contributed by atoms with E-state index in [9.17, 15) is 4.79 Å². The number of carbonyl (C=O) groups is 1. The maximum atomic E-state index is 12.5. The van der Waals surface area contributed by atoms with Gasteiger partial charge in [-0.3, -0.25) is 0 Å². The van der Waals surface area contributed by atoms with Crippen LogP contribution in [0.15, 0.2) is 24.5 Å². The quantitative estimate of drug-likeness (QED) is 0.934. The van der Waals surface area contributed by atoms with Crippen molar-refractivity contribution in [1.29, 1.82) is 0 Å². The minimum Gasteiger partial charge on any atom is -0.377 e. The summed E-state index contributed by atoms with van der Waals surface area (Å²) in [4.78, 5) is 19.1. The molecule has 24 heavy (non-hydrogen) atoms. The van der Waals surface area contributed by atoms with Crippen molar-refractivity contribution in [3.8, 4) is 0 Å². The minimum atomic E-state index is 0.0372. The largest absolute Gasteiger partial charge is 0.377 e. The lowest BCUT2D eigenvalue weighted by Crippen LogP contribution is -2.53. The number of imidazole rings is 1. The highest BCUT2D eigenvalue weighted by Gasteiger charge is 2.39. The van der Waals surface area contributed by atoms with Crippen LogP contribution in [0.5, 0.6) is 0 Å². The zero-order chi connectivity index (χ0) is 16.5. The smallest absolute Gasteiger partial charge is 0.317 e. The van der Waals surface area contributed by atoms with Gasteiger partial charge >= 0.3 is 6.03 Å². The van der Waals surface area contributed by atoms with Gasteiger partial charge in [-0.25, -0.2) is 9.78 Å². The molecule has 1 atom stereocenters. The van der Waals surface area contributed by atoms with Gasteiger partial charge in [0.2, 0.25) is 0 Å². The van der Waals surface area contributed by atoms with Crippen LogP contribution >= 0.6 is 0 Å². The monoisotopic (exact) mass is 328 g/mol. The van der Waals surface area contributed by atoms with Crippen molar-refractivity contribution in [2.75, 3.05) is 26.3 Å². The summed E-state index contributed by atoms with van der Waals surface area (Å²) in [5.41, 5.74) is 3.15. The van der Waals surface area contributed by atoms with Gasteiger partial charge in [-0.1, -0.05) is 6.07 Å². The Kier molecular flexibility index (Phi) is 4.14. The molecule has 128 valence electrons. The maximum Gasteiger partial charge on any atom is 0.317 e. The Bertz CT molecular complexity index is 738. The first kappa shape index (κ1) is 15.4. The second-order valence-electron chi connectivity index (χ2n) is 6.81. The predicted octanol–water partition coefficient (Wildman–Crippen LogP) is 2.01. The van der Waals surface area contributed by atoms with Gasteiger partial charge in [0.25, 0.3) is 0 Å². The van der Waals surface area contributed by atoms with Crippen LogP contribution in [0.3, 0.4) is 0 Å². The molecule has 1 aliphatic heterocycles. The number of nitrogens with one attached hydrogen (secondary N) is 1. The molecule has 0 aromatic carbocycles. The van der Waals surface area contributed by atoms with Gasteiger partial charge in [0.15, 0.2) is 0 Å². The van der Waals surface area contributed by atoms with Crippen LogP contribution in [0.4, 0.5) is 4.79 Å². The molecule has 2 amide bonds. The number of urea groups is 1. The van der Waals surface area contributed by atoms with Crippen molar-refractivity contribution in [3.63, 3.8) is 0 Å². The molecule has 3 heterocycles. The number of morpholine rings is 1. The second kappa shape index (κ2) is 6.43. The highest BCUT2D eigenvalue weighted by atomic mass is 16.5. The van der Waals surface area contributed by atoms with Crippen LogP contribution in [-0.2, 0) is 11.2 Å². The Labute approximate surface area is 141 Å². The summed E-state index contributed by atoms with van der Waals surface area (Å²) in [6.07, 6.45) is 7.23. The highest BCUT2D eigenvalue weighted by molar-refractivity contribution is 5.74. The molecule has 1 saturated heterocycles. The summed E-state index contributed by atoms with van der Waals surface area (Å²) in [6.45, 7) is 4.69. The maximum absolute atomic E-state index is 12.5. The van der Waals surface area contributed by atoms with E-state index in [1.165, 1.54) is 12.8 Å². The second-order valence-corrected chi connectivity index (χ2v) is 6.81. The fraction of sp³-hybridized carbons (Fsp3) is 0.556. The third kappa shape index (κ3) is 3.11. The number of nitrogens with zero attached hydrogens (tertiary/aromatic N) is 3. The first-order valence-corrected chi connectivity index (χ1v) is 8.78. The lowest BCUT2D eigenvalue weighted by Gasteiger charge is -2.35. The summed E-state index contributed by atoms with van der Waals surface area (Å²) in [5, 5.41) is 3.05. The summed E-state index contributed by atoms with van der Waals surface area (Å²) in [7, 11) is 0. The van der Waals surface area contributed by atoms with Crippen LogP contribution < -0.4 is 5.32 Å². The number of ether oxygens (including phenoxy) is 1. The number of carbonyl (C=O) groups excluding carboxylic acids is 1. The molecule has 2 aliphatic rings. The van der Waals surface area contributed by atoms with Gasteiger partial charge in [-0.05, 0) is 37.3 Å². The van der Waals surface area contributed by atoms with E-state index in [-0.39, 0.29) is 12.1 Å². The number of aryl methyl sites for hydroxylation is 1. The molecule has 1 aliphatic carbocycles. The molecule has 2 aromatic heterocycles. The van der Waals surface area contributed by atoms with E-state index in [0.29, 0.717) is 32.2 Å². The van der Waals surface area contributed by atoms with Gasteiger partial charge < -0.3 is 19.4 Å². The molecule has 4 rings (SSSR count). The van der Waals surface area contributed by atoms with E-state index in [2.05, 4.69) is 23.3 Å². The van der Waals surface area contributed by atoms with Crippen LogP contribution in [0, 0.1) is 12.8 Å². The van der Waals surface area contributed by atoms with E-state index in [1.54, 1.807) is 0 Å². The van der Waals surface area contributed by atoms with Crippen LogP contribution in [0.1, 0.15) is 24.1 Å². The Balaban J connectivity index is 1.34. The van der Waals surface area contributed by atoms with E-state index in [1.807, 2.05) is 27.8 Å². The number of aromatic nitrogens is 2. The van der Waals surface area contributed by atoms with Gasteiger partial charge in [0.1, 0.15) is 5.65 Å². The SMILES string of the molecule is Cc1cccn2cc(CCNC(=O)N3CCOC[C@@H]3C3CC3)nc12. The Morgan fingerprint density at radius 2 is 2.33 bits per heavy atom. The Morgan fingerprint density at radius 3 is 3.12 bits per heavy atom. The molecule has 1 saturated carbocycles. The lowest BCUT2D eigenvalue weighted by atomic mass is 10.1. The third-order valence-electron chi connectivity index (χ3n) is 4.98. The number of hydrogen-bond donors (Lipinski definition) is 1. The average Bonchev–Trinajstić information content (AvgIpc) is 3.35. The van der Waals surface area contributed by atoms with E-state index in [4.69, 9.17) is 4.74 Å².